The van der Waals surface area contributed by atoms with E-state index in [0.29, 0.717) is 0 Å². The lowest BCUT2D eigenvalue weighted by molar-refractivity contribution is 1.18. The van der Waals surface area contributed by atoms with Crippen molar-refractivity contribution in [1.29, 1.82) is 0 Å². The molecule has 0 radical (unpaired) electrons. The van der Waals surface area contributed by atoms with E-state index in [-0.39, 0.29) is 0 Å². The smallest absolute Gasteiger partial charge is 0.0648 e. The van der Waals surface area contributed by atoms with Crippen molar-refractivity contribution in [2.75, 3.05) is 0 Å². The van der Waals surface area contributed by atoms with E-state index in [1.165, 1.54) is 87.8 Å². The number of aromatic nitrogens is 2. The molecule has 44 heavy (non-hydrogen) atoms. The SMILES string of the molecule is c1ccc(-c2ccccc2-n2c3cccc4c5ccccc5n5c6ccccc6c6c(-c7ccccc7)cc2c(c43)c65)cc1. The molecule has 2 nitrogen and oxygen atoms in total. The molecule has 0 amide bonds. The van der Waals surface area contributed by atoms with Gasteiger partial charge in [0, 0.05) is 32.5 Å². The molecule has 0 saturated carbocycles. The van der Waals surface area contributed by atoms with E-state index in [0.717, 1.165) is 0 Å². The van der Waals surface area contributed by atoms with Crippen LogP contribution in [0.5, 0.6) is 0 Å². The predicted octanol–water partition coefficient (Wildman–Crippen LogP) is 11.3. The van der Waals surface area contributed by atoms with E-state index in [1.54, 1.807) is 0 Å². The van der Waals surface area contributed by atoms with Crippen LogP contribution in [-0.4, -0.2) is 8.97 Å². The summed E-state index contributed by atoms with van der Waals surface area (Å²) in [6.45, 7) is 0. The van der Waals surface area contributed by atoms with Crippen molar-refractivity contribution in [1.82, 2.24) is 8.97 Å². The quantitative estimate of drug-likeness (QED) is 0.204. The summed E-state index contributed by atoms with van der Waals surface area (Å²) in [6, 6.07) is 57.6. The number of fused-ring (bicyclic) bond motifs is 6. The second-order valence-electron chi connectivity index (χ2n) is 11.7. The molecule has 0 atom stereocenters. The monoisotopic (exact) mass is 558 g/mol. The summed E-state index contributed by atoms with van der Waals surface area (Å²) in [7, 11) is 0. The molecule has 3 heterocycles. The van der Waals surface area contributed by atoms with Crippen LogP contribution in [-0.2, 0) is 0 Å². The van der Waals surface area contributed by atoms with Gasteiger partial charge in [-0.2, -0.15) is 0 Å². The van der Waals surface area contributed by atoms with Gasteiger partial charge in [-0.1, -0.05) is 127 Å². The molecule has 0 unspecified atom stereocenters. The van der Waals surface area contributed by atoms with Gasteiger partial charge in [0.15, 0.2) is 0 Å². The third-order valence-corrected chi connectivity index (χ3v) is 9.44. The van der Waals surface area contributed by atoms with Crippen LogP contribution >= 0.6 is 0 Å². The molecule has 0 aliphatic carbocycles. The number of rotatable bonds is 3. The maximum Gasteiger partial charge on any atom is 0.0648 e. The van der Waals surface area contributed by atoms with Gasteiger partial charge in [-0.15, -0.1) is 0 Å². The Bertz CT molecular complexity index is 2690. The summed E-state index contributed by atoms with van der Waals surface area (Å²) in [6.07, 6.45) is 0. The lowest BCUT2D eigenvalue weighted by Gasteiger charge is -2.15. The maximum absolute atomic E-state index is 2.53. The Kier molecular flexibility index (Phi) is 4.75. The van der Waals surface area contributed by atoms with E-state index in [9.17, 15) is 0 Å². The van der Waals surface area contributed by atoms with Gasteiger partial charge in [0.25, 0.3) is 0 Å². The van der Waals surface area contributed by atoms with Crippen LogP contribution in [0.2, 0.25) is 0 Å². The molecule has 3 aromatic heterocycles. The average Bonchev–Trinajstić information content (AvgIpc) is 3.57. The second kappa shape index (κ2) is 8.82. The Labute approximate surface area is 254 Å². The maximum atomic E-state index is 2.53. The van der Waals surface area contributed by atoms with Crippen molar-refractivity contribution in [2.24, 2.45) is 0 Å². The van der Waals surface area contributed by atoms with Crippen LogP contribution in [0.1, 0.15) is 0 Å². The van der Waals surface area contributed by atoms with Crippen LogP contribution in [0, 0.1) is 0 Å². The molecule has 0 N–H and O–H groups in total. The normalized spacial score (nSPS) is 12.1. The Morgan fingerprint density at radius 3 is 1.68 bits per heavy atom. The van der Waals surface area contributed by atoms with Crippen molar-refractivity contribution >= 4 is 59.9 Å². The highest BCUT2D eigenvalue weighted by Crippen LogP contribution is 2.49. The Morgan fingerprint density at radius 2 is 0.909 bits per heavy atom. The van der Waals surface area contributed by atoms with Gasteiger partial charge in [-0.25, -0.2) is 0 Å². The molecule has 10 aromatic rings. The van der Waals surface area contributed by atoms with E-state index in [1.807, 2.05) is 0 Å². The molecule has 7 aromatic carbocycles. The Hall–Kier alpha value is -5.86. The standard InChI is InChI=1S/C42H26N2/c1-3-14-27(15-4-1)29-18-7-10-22-34(29)43-37-25-13-21-31-30-19-8-11-23-35(30)44-36-24-12-9-20-32(36)39-33(28-16-5-2-6-17-28)26-38(43)41(40(31)37)42(39)44/h1-26H. The van der Waals surface area contributed by atoms with E-state index in [2.05, 4.69) is 167 Å². The minimum atomic E-state index is 1.19. The molecule has 0 fully saturated rings. The van der Waals surface area contributed by atoms with Crippen molar-refractivity contribution < 1.29 is 0 Å². The number of nitrogens with zero attached hydrogens (tertiary/aromatic N) is 2. The fourth-order valence-electron chi connectivity index (χ4n) is 7.70. The van der Waals surface area contributed by atoms with Crippen molar-refractivity contribution in [2.45, 2.75) is 0 Å². The van der Waals surface area contributed by atoms with Crippen LogP contribution in [0.25, 0.3) is 87.8 Å². The average molecular weight is 559 g/mol. The molecular formula is C42H26N2. The lowest BCUT2D eigenvalue weighted by atomic mass is 9.96. The number of benzene rings is 7. The number of para-hydroxylation sites is 3. The summed E-state index contributed by atoms with van der Waals surface area (Å²) >= 11 is 0. The van der Waals surface area contributed by atoms with Gasteiger partial charge in [0.05, 0.1) is 33.3 Å². The molecule has 0 aliphatic rings. The number of hydrogen-bond acceptors (Lipinski definition) is 0. The van der Waals surface area contributed by atoms with Crippen molar-refractivity contribution in [3.05, 3.63) is 158 Å². The Balaban J connectivity index is 1.54. The first-order valence-electron chi connectivity index (χ1n) is 15.2. The van der Waals surface area contributed by atoms with Crippen LogP contribution in [0.4, 0.5) is 0 Å². The van der Waals surface area contributed by atoms with Gasteiger partial charge < -0.3 is 8.97 Å². The summed E-state index contributed by atoms with van der Waals surface area (Å²) in [4.78, 5) is 0. The molecule has 2 heteroatoms. The molecule has 10 rings (SSSR count). The first kappa shape index (κ1) is 23.7. The van der Waals surface area contributed by atoms with E-state index in [4.69, 9.17) is 0 Å². The zero-order valence-corrected chi connectivity index (χ0v) is 23.9. The van der Waals surface area contributed by atoms with E-state index < -0.39 is 0 Å². The highest BCUT2D eigenvalue weighted by molar-refractivity contribution is 6.35. The van der Waals surface area contributed by atoms with Gasteiger partial charge in [0.2, 0.25) is 0 Å². The third-order valence-electron chi connectivity index (χ3n) is 9.44. The topological polar surface area (TPSA) is 9.34 Å². The highest BCUT2D eigenvalue weighted by Gasteiger charge is 2.26. The zero-order chi connectivity index (χ0) is 28.8. The fraction of sp³-hybridized carbons (Fsp3) is 0. The minimum absolute atomic E-state index is 1.19. The van der Waals surface area contributed by atoms with E-state index >= 15 is 0 Å². The first-order valence-corrected chi connectivity index (χ1v) is 15.2. The molecule has 0 saturated heterocycles. The highest BCUT2D eigenvalue weighted by atomic mass is 15.0. The summed E-state index contributed by atoms with van der Waals surface area (Å²) in [5.41, 5.74) is 12.3. The van der Waals surface area contributed by atoms with Crippen LogP contribution < -0.4 is 0 Å². The molecule has 204 valence electrons. The first-order chi connectivity index (χ1) is 21.9. The van der Waals surface area contributed by atoms with Gasteiger partial charge in [-0.05, 0) is 52.4 Å². The Morgan fingerprint density at radius 1 is 0.341 bits per heavy atom. The molecule has 0 bridgehead atoms. The van der Waals surface area contributed by atoms with Crippen LogP contribution in [0.3, 0.4) is 0 Å². The lowest BCUT2D eigenvalue weighted by Crippen LogP contribution is -1.98. The summed E-state index contributed by atoms with van der Waals surface area (Å²) < 4.78 is 5.04. The van der Waals surface area contributed by atoms with Gasteiger partial charge in [-0.3, -0.25) is 0 Å². The third kappa shape index (κ3) is 3.04. The second-order valence-corrected chi connectivity index (χ2v) is 11.7. The van der Waals surface area contributed by atoms with Crippen molar-refractivity contribution in [3.63, 3.8) is 0 Å². The van der Waals surface area contributed by atoms with Crippen molar-refractivity contribution in [3.8, 4) is 27.9 Å². The molecule has 0 spiro atoms. The predicted molar refractivity (Wildman–Crippen MR) is 186 cm³/mol. The minimum Gasteiger partial charge on any atom is -0.308 e. The molecule has 0 aliphatic heterocycles. The molecular weight excluding hydrogens is 532 g/mol. The van der Waals surface area contributed by atoms with Gasteiger partial charge >= 0.3 is 0 Å². The summed E-state index contributed by atoms with van der Waals surface area (Å²) in [5.74, 6) is 0. The fourth-order valence-corrected chi connectivity index (χ4v) is 7.70. The zero-order valence-electron chi connectivity index (χ0n) is 23.9. The number of hydrogen-bond donors (Lipinski definition) is 0. The van der Waals surface area contributed by atoms with Gasteiger partial charge in [0.1, 0.15) is 0 Å². The van der Waals surface area contributed by atoms with Crippen LogP contribution in [0.15, 0.2) is 158 Å². The largest absolute Gasteiger partial charge is 0.308 e. The summed E-state index contributed by atoms with van der Waals surface area (Å²) in [5, 5.41) is 7.74.